The number of anilines is 3. The molecular weight excluding hydrogens is 402 g/mol. The van der Waals surface area contributed by atoms with Crippen molar-refractivity contribution in [2.24, 2.45) is 0 Å². The Morgan fingerprint density at radius 1 is 1.06 bits per heavy atom. The normalized spacial score (nSPS) is 16.8. The third-order valence-corrected chi connectivity index (χ3v) is 6.21. The SMILES string of the molecule is CC1(O)CN(c2ccc(Nc3nc(-c4ccc5c(c4)CC(=O)C5)cn4ccnc34)cc2)C1. The third kappa shape index (κ3) is 3.31. The molecule has 2 aromatic carbocycles. The molecule has 6 rings (SSSR count). The molecule has 0 amide bonds. The maximum absolute atomic E-state index is 11.8. The Morgan fingerprint density at radius 3 is 2.62 bits per heavy atom. The molecule has 1 fully saturated rings. The summed E-state index contributed by atoms with van der Waals surface area (Å²) in [6.45, 7) is 3.14. The summed E-state index contributed by atoms with van der Waals surface area (Å²) in [5, 5.41) is 13.4. The van der Waals surface area contributed by atoms with Crippen LogP contribution in [0.25, 0.3) is 16.9 Å². The lowest BCUT2D eigenvalue weighted by Crippen LogP contribution is -2.60. The summed E-state index contributed by atoms with van der Waals surface area (Å²) in [7, 11) is 0. The minimum absolute atomic E-state index is 0.266. The highest BCUT2D eigenvalue weighted by Gasteiger charge is 2.36. The van der Waals surface area contributed by atoms with Gasteiger partial charge in [-0.25, -0.2) is 9.97 Å². The van der Waals surface area contributed by atoms with E-state index in [4.69, 9.17) is 4.98 Å². The number of Topliss-reactive ketones (excluding diaryl/α,β-unsaturated/α-hetero) is 1. The van der Waals surface area contributed by atoms with Crippen LogP contribution in [0, 0.1) is 0 Å². The van der Waals surface area contributed by atoms with Gasteiger partial charge in [-0.3, -0.25) is 4.79 Å². The van der Waals surface area contributed by atoms with Gasteiger partial charge in [0.15, 0.2) is 11.5 Å². The summed E-state index contributed by atoms with van der Waals surface area (Å²) in [4.78, 5) is 23.3. The lowest BCUT2D eigenvalue weighted by atomic mass is 9.96. The molecule has 7 heteroatoms. The van der Waals surface area contributed by atoms with Crippen molar-refractivity contribution in [2.45, 2.75) is 25.4 Å². The van der Waals surface area contributed by atoms with Crippen LogP contribution in [0.2, 0.25) is 0 Å². The van der Waals surface area contributed by atoms with E-state index >= 15 is 0 Å². The van der Waals surface area contributed by atoms with Crippen LogP contribution in [0.3, 0.4) is 0 Å². The summed E-state index contributed by atoms with van der Waals surface area (Å²) in [5.74, 6) is 0.937. The van der Waals surface area contributed by atoms with E-state index in [1.54, 1.807) is 6.20 Å². The van der Waals surface area contributed by atoms with E-state index in [1.165, 1.54) is 0 Å². The van der Waals surface area contributed by atoms with Gasteiger partial charge in [-0.05, 0) is 48.4 Å². The number of imidazole rings is 1. The summed E-state index contributed by atoms with van der Waals surface area (Å²) in [6.07, 6.45) is 6.65. The van der Waals surface area contributed by atoms with Crippen LogP contribution in [0.4, 0.5) is 17.2 Å². The maximum atomic E-state index is 11.8. The van der Waals surface area contributed by atoms with E-state index in [0.717, 1.165) is 39.4 Å². The molecule has 3 heterocycles. The van der Waals surface area contributed by atoms with Crippen LogP contribution in [0.15, 0.2) is 61.1 Å². The van der Waals surface area contributed by atoms with Crippen molar-refractivity contribution >= 4 is 28.6 Å². The van der Waals surface area contributed by atoms with Crippen LogP contribution in [-0.4, -0.2) is 43.9 Å². The first-order chi connectivity index (χ1) is 15.4. The Bertz CT molecular complexity index is 1350. The fourth-order valence-corrected chi connectivity index (χ4v) is 4.62. The van der Waals surface area contributed by atoms with E-state index in [9.17, 15) is 9.90 Å². The fraction of sp³-hybridized carbons (Fsp3) is 0.240. The zero-order valence-corrected chi connectivity index (χ0v) is 17.7. The van der Waals surface area contributed by atoms with Crippen molar-refractivity contribution in [3.8, 4) is 11.3 Å². The molecule has 0 bridgehead atoms. The quantitative estimate of drug-likeness (QED) is 0.522. The number of aliphatic hydroxyl groups is 1. The molecule has 0 spiro atoms. The minimum atomic E-state index is -0.599. The van der Waals surface area contributed by atoms with Crippen molar-refractivity contribution in [2.75, 3.05) is 23.3 Å². The first kappa shape index (κ1) is 19.0. The second kappa shape index (κ2) is 6.90. The van der Waals surface area contributed by atoms with Gasteiger partial charge < -0.3 is 19.7 Å². The van der Waals surface area contributed by atoms with Gasteiger partial charge in [-0.2, -0.15) is 0 Å². The van der Waals surface area contributed by atoms with Crippen LogP contribution in [0.5, 0.6) is 0 Å². The number of nitrogens with one attached hydrogen (secondary N) is 1. The predicted octanol–water partition coefficient (Wildman–Crippen LogP) is 3.38. The average molecular weight is 425 g/mol. The van der Waals surface area contributed by atoms with Crippen LogP contribution in [0.1, 0.15) is 18.1 Å². The van der Waals surface area contributed by atoms with Crippen molar-refractivity contribution in [1.82, 2.24) is 14.4 Å². The van der Waals surface area contributed by atoms with Gasteiger partial charge in [0.05, 0.1) is 11.3 Å². The number of carbonyl (C=O) groups excluding carboxylic acids is 1. The Hall–Kier alpha value is -3.71. The molecule has 2 N–H and O–H groups in total. The summed E-state index contributed by atoms with van der Waals surface area (Å²) in [6, 6.07) is 14.3. The zero-order valence-electron chi connectivity index (χ0n) is 17.7. The predicted molar refractivity (Wildman–Crippen MR) is 123 cm³/mol. The van der Waals surface area contributed by atoms with Crippen molar-refractivity contribution in [1.29, 1.82) is 0 Å². The lowest BCUT2D eigenvalue weighted by molar-refractivity contribution is -0.117. The molecule has 32 heavy (non-hydrogen) atoms. The number of fused-ring (bicyclic) bond motifs is 2. The number of hydrogen-bond donors (Lipinski definition) is 2. The first-order valence-corrected chi connectivity index (χ1v) is 10.8. The molecule has 4 aromatic rings. The van der Waals surface area contributed by atoms with E-state index in [0.29, 0.717) is 31.7 Å². The van der Waals surface area contributed by atoms with E-state index < -0.39 is 5.60 Å². The van der Waals surface area contributed by atoms with Gasteiger partial charge >= 0.3 is 0 Å². The number of rotatable bonds is 4. The molecule has 2 aromatic heterocycles. The maximum Gasteiger partial charge on any atom is 0.180 e. The molecule has 1 aliphatic carbocycles. The zero-order chi connectivity index (χ0) is 21.9. The molecular formula is C25H23N5O2. The van der Waals surface area contributed by atoms with Crippen LogP contribution in [-0.2, 0) is 17.6 Å². The fourth-order valence-electron chi connectivity index (χ4n) is 4.62. The highest BCUT2D eigenvalue weighted by atomic mass is 16.3. The van der Waals surface area contributed by atoms with E-state index in [1.807, 2.05) is 60.1 Å². The Morgan fingerprint density at radius 2 is 1.84 bits per heavy atom. The van der Waals surface area contributed by atoms with Gasteiger partial charge in [-0.1, -0.05) is 12.1 Å². The number of ketones is 1. The standard InChI is InChI=1S/C25H23N5O2/c1-25(32)14-30(15-25)20-6-4-19(5-7-20)27-23-24-26-8-9-29(24)13-22(28-23)17-3-2-16-11-21(31)12-18(16)10-17/h2-10,13,32H,11-12,14-15H2,1H3,(H,27,28). The van der Waals surface area contributed by atoms with Crippen LogP contribution >= 0.6 is 0 Å². The van der Waals surface area contributed by atoms with Gasteiger partial charge in [0.2, 0.25) is 0 Å². The van der Waals surface area contributed by atoms with Gasteiger partial charge in [0.25, 0.3) is 0 Å². The van der Waals surface area contributed by atoms with Crippen molar-refractivity contribution in [3.63, 3.8) is 0 Å². The summed E-state index contributed by atoms with van der Waals surface area (Å²) < 4.78 is 1.96. The highest BCUT2D eigenvalue weighted by molar-refractivity contribution is 5.88. The largest absolute Gasteiger partial charge is 0.386 e. The molecule has 0 atom stereocenters. The Labute approximate surface area is 185 Å². The monoisotopic (exact) mass is 425 g/mol. The molecule has 0 saturated carbocycles. The average Bonchev–Trinajstić information content (AvgIpc) is 3.37. The van der Waals surface area contributed by atoms with Gasteiger partial charge in [-0.15, -0.1) is 0 Å². The highest BCUT2D eigenvalue weighted by Crippen LogP contribution is 2.31. The molecule has 7 nitrogen and oxygen atoms in total. The topological polar surface area (TPSA) is 82.8 Å². The van der Waals surface area contributed by atoms with Gasteiger partial charge in [0.1, 0.15) is 5.78 Å². The molecule has 160 valence electrons. The van der Waals surface area contributed by atoms with Crippen molar-refractivity contribution in [3.05, 3.63) is 72.2 Å². The number of carbonyl (C=O) groups is 1. The number of aromatic nitrogens is 3. The van der Waals surface area contributed by atoms with Crippen molar-refractivity contribution < 1.29 is 9.90 Å². The molecule has 0 radical (unpaired) electrons. The number of nitrogens with zero attached hydrogens (tertiary/aromatic N) is 4. The Kier molecular flexibility index (Phi) is 4.10. The van der Waals surface area contributed by atoms with E-state index in [2.05, 4.69) is 21.3 Å². The molecule has 1 aliphatic heterocycles. The molecule has 0 unspecified atom stereocenters. The Balaban J connectivity index is 1.31. The second-order valence-electron chi connectivity index (χ2n) is 9.03. The first-order valence-electron chi connectivity index (χ1n) is 10.8. The molecule has 2 aliphatic rings. The molecule has 1 saturated heterocycles. The number of benzene rings is 2. The van der Waals surface area contributed by atoms with E-state index in [-0.39, 0.29) is 5.78 Å². The lowest BCUT2D eigenvalue weighted by Gasteiger charge is -2.45. The summed E-state index contributed by atoms with van der Waals surface area (Å²) in [5.41, 5.74) is 6.15. The minimum Gasteiger partial charge on any atom is -0.386 e. The van der Waals surface area contributed by atoms with Gasteiger partial charge in [0, 0.05) is 61.5 Å². The number of β-amino-alcohol motifs (C(OH)–C–C–N with tert-alkyl or cyclic N) is 1. The number of hydrogen-bond acceptors (Lipinski definition) is 6. The third-order valence-electron chi connectivity index (χ3n) is 6.21. The second-order valence-corrected chi connectivity index (χ2v) is 9.03. The smallest absolute Gasteiger partial charge is 0.180 e. The van der Waals surface area contributed by atoms with Crippen LogP contribution < -0.4 is 10.2 Å². The summed E-state index contributed by atoms with van der Waals surface area (Å²) >= 11 is 0.